The van der Waals surface area contributed by atoms with Gasteiger partial charge >= 0.3 is 5.97 Å². The van der Waals surface area contributed by atoms with E-state index >= 15 is 0 Å². The number of hydrogen-bond donors (Lipinski definition) is 2. The minimum absolute atomic E-state index is 0.100. The molecule has 2 aromatic carbocycles. The number of rotatable bonds is 4. The van der Waals surface area contributed by atoms with Crippen molar-refractivity contribution in [2.45, 2.75) is 44.9 Å². The van der Waals surface area contributed by atoms with Crippen LogP contribution in [0.4, 0.5) is 0 Å². The molecule has 3 aliphatic rings. The average molecular weight is 477 g/mol. The zero-order chi connectivity index (χ0) is 25.2. The summed E-state index contributed by atoms with van der Waals surface area (Å²) in [5.41, 5.74) is 4.78. The fourth-order valence-electron chi connectivity index (χ4n) is 5.86. The van der Waals surface area contributed by atoms with Crippen LogP contribution in [0.25, 0.3) is 6.08 Å². The number of carbonyl (C=O) groups is 2. The fourth-order valence-corrected chi connectivity index (χ4v) is 5.86. The van der Waals surface area contributed by atoms with Gasteiger partial charge in [0.05, 0.1) is 14.2 Å². The van der Waals surface area contributed by atoms with Gasteiger partial charge in [-0.05, 0) is 78.6 Å². The second-order valence-electron chi connectivity index (χ2n) is 9.60. The van der Waals surface area contributed by atoms with Crippen molar-refractivity contribution in [1.82, 2.24) is 0 Å². The molecule has 2 saturated carbocycles. The molecule has 0 aromatic heterocycles. The lowest BCUT2D eigenvalue weighted by Crippen LogP contribution is -2.37. The highest BCUT2D eigenvalue weighted by Gasteiger charge is 2.52. The molecule has 6 heteroatoms. The molecule has 0 bridgehead atoms. The Bertz CT molecular complexity index is 1190. The van der Waals surface area contributed by atoms with Gasteiger partial charge < -0.3 is 19.7 Å². The summed E-state index contributed by atoms with van der Waals surface area (Å²) >= 11 is 0. The fraction of sp³-hybridized carbons (Fsp3) is 0.379. The summed E-state index contributed by atoms with van der Waals surface area (Å²) in [4.78, 5) is 22.5. The van der Waals surface area contributed by atoms with Crippen molar-refractivity contribution in [3.63, 3.8) is 0 Å². The number of allylic oxidation sites excluding steroid dienone is 2. The Morgan fingerprint density at radius 1 is 1.09 bits per heavy atom. The highest BCUT2D eigenvalue weighted by atomic mass is 16.5. The van der Waals surface area contributed by atoms with Crippen molar-refractivity contribution in [3.8, 4) is 17.2 Å². The van der Waals surface area contributed by atoms with E-state index in [-0.39, 0.29) is 5.41 Å². The highest BCUT2D eigenvalue weighted by Crippen LogP contribution is 2.57. The molecule has 3 aliphatic carbocycles. The number of aromatic hydroxyl groups is 1. The molecule has 5 rings (SSSR count). The van der Waals surface area contributed by atoms with Crippen LogP contribution < -0.4 is 9.47 Å². The summed E-state index contributed by atoms with van der Waals surface area (Å²) in [6.45, 7) is 2.18. The number of fused-ring (bicyclic) bond motifs is 5. The third-order valence-corrected chi connectivity index (χ3v) is 7.71. The van der Waals surface area contributed by atoms with Gasteiger partial charge in [-0.1, -0.05) is 30.7 Å². The SMILES string of the molecule is CC12CCC3C(=CCc4cc(O)ccc43)C1CCC2=O.COc1ccc(C=CC(=O)O)cc1OC. The molecule has 184 valence electrons. The molecule has 35 heavy (non-hydrogen) atoms. The minimum Gasteiger partial charge on any atom is -0.508 e. The molecule has 2 fully saturated rings. The van der Waals surface area contributed by atoms with E-state index in [9.17, 15) is 14.7 Å². The van der Waals surface area contributed by atoms with E-state index in [0.717, 1.165) is 43.7 Å². The van der Waals surface area contributed by atoms with Gasteiger partial charge in [-0.25, -0.2) is 4.79 Å². The van der Waals surface area contributed by atoms with Gasteiger partial charge in [-0.15, -0.1) is 0 Å². The van der Waals surface area contributed by atoms with Gasteiger partial charge in [0.15, 0.2) is 11.5 Å². The van der Waals surface area contributed by atoms with Crippen molar-refractivity contribution in [3.05, 3.63) is 70.8 Å². The molecule has 3 unspecified atom stereocenters. The Morgan fingerprint density at radius 2 is 1.86 bits per heavy atom. The number of carboxylic acid groups (broad SMARTS) is 1. The summed E-state index contributed by atoms with van der Waals surface area (Å²) in [6.07, 6.45) is 9.68. The van der Waals surface area contributed by atoms with Crippen LogP contribution in [0.2, 0.25) is 0 Å². The van der Waals surface area contributed by atoms with Crippen LogP contribution in [0, 0.1) is 11.3 Å². The van der Waals surface area contributed by atoms with Crippen molar-refractivity contribution in [2.24, 2.45) is 11.3 Å². The number of aliphatic carboxylic acids is 1. The number of benzene rings is 2. The summed E-state index contributed by atoms with van der Waals surface area (Å²) in [7, 11) is 3.08. The maximum absolute atomic E-state index is 12.2. The monoisotopic (exact) mass is 476 g/mol. The van der Waals surface area contributed by atoms with E-state index < -0.39 is 5.97 Å². The third kappa shape index (κ3) is 4.83. The summed E-state index contributed by atoms with van der Waals surface area (Å²) in [5, 5.41) is 18.1. The molecule has 0 radical (unpaired) electrons. The largest absolute Gasteiger partial charge is 0.508 e. The standard InChI is InChI=1S/C18H20O2.C11H12O4/c1-18-9-8-14-13-5-3-12(19)10-11(13)2-4-15(14)16(18)6-7-17(18)20;1-14-9-5-3-8(4-6-11(12)13)7-10(9)15-2/h3-5,10,14,16,19H,2,6-9H2,1H3;3-7H,1-2H3,(H,12,13). The second kappa shape index (κ2) is 9.98. The predicted octanol–water partition coefficient (Wildman–Crippen LogP) is 5.54. The lowest BCUT2D eigenvalue weighted by atomic mass is 9.60. The van der Waals surface area contributed by atoms with Gasteiger partial charge in [0.25, 0.3) is 0 Å². The summed E-state index contributed by atoms with van der Waals surface area (Å²) in [5.74, 6) is 1.97. The number of carbonyl (C=O) groups excluding carboxylic acids is 1. The van der Waals surface area contributed by atoms with E-state index in [1.54, 1.807) is 31.4 Å². The molecule has 2 N–H and O–H groups in total. The van der Waals surface area contributed by atoms with Crippen LogP contribution in [0.5, 0.6) is 17.2 Å². The first kappa shape index (κ1) is 24.6. The maximum Gasteiger partial charge on any atom is 0.328 e. The van der Waals surface area contributed by atoms with E-state index in [0.29, 0.717) is 34.9 Å². The molecule has 0 heterocycles. The lowest BCUT2D eigenvalue weighted by Gasteiger charge is -2.43. The minimum atomic E-state index is -0.982. The Balaban J connectivity index is 0.000000174. The van der Waals surface area contributed by atoms with Crippen LogP contribution in [0.15, 0.2) is 54.1 Å². The van der Waals surface area contributed by atoms with Crippen molar-refractivity contribution in [2.75, 3.05) is 14.2 Å². The smallest absolute Gasteiger partial charge is 0.328 e. The van der Waals surface area contributed by atoms with E-state index in [1.807, 2.05) is 6.07 Å². The molecular formula is C29H32O6. The molecular weight excluding hydrogens is 444 g/mol. The van der Waals surface area contributed by atoms with Crippen molar-refractivity contribution >= 4 is 17.8 Å². The van der Waals surface area contributed by atoms with Crippen molar-refractivity contribution in [1.29, 1.82) is 0 Å². The van der Waals surface area contributed by atoms with Crippen LogP contribution in [-0.2, 0) is 16.0 Å². The predicted molar refractivity (Wildman–Crippen MR) is 134 cm³/mol. The number of methoxy groups -OCH3 is 2. The molecule has 0 saturated heterocycles. The van der Waals surface area contributed by atoms with Crippen LogP contribution in [-0.4, -0.2) is 36.2 Å². The number of hydrogen-bond acceptors (Lipinski definition) is 5. The average Bonchev–Trinajstić information content (AvgIpc) is 3.16. The quantitative estimate of drug-likeness (QED) is 0.445. The van der Waals surface area contributed by atoms with E-state index in [1.165, 1.54) is 29.9 Å². The highest BCUT2D eigenvalue weighted by molar-refractivity contribution is 5.88. The molecule has 0 aliphatic heterocycles. The number of ether oxygens (including phenoxy) is 2. The lowest BCUT2D eigenvalue weighted by molar-refractivity contribution is -0.131. The second-order valence-corrected chi connectivity index (χ2v) is 9.60. The van der Waals surface area contributed by atoms with Gasteiger partial charge in [0.1, 0.15) is 11.5 Å². The first-order valence-corrected chi connectivity index (χ1v) is 11.9. The molecule has 2 aromatic rings. The number of phenolic OH excluding ortho intramolecular Hbond substituents is 1. The normalized spacial score (nSPS) is 24.4. The number of carboxylic acids is 1. The maximum atomic E-state index is 12.2. The number of phenols is 1. The Hall–Kier alpha value is -3.54. The Morgan fingerprint density at radius 3 is 2.57 bits per heavy atom. The summed E-state index contributed by atoms with van der Waals surface area (Å²) in [6, 6.07) is 11.0. The topological polar surface area (TPSA) is 93.1 Å². The first-order valence-electron chi connectivity index (χ1n) is 11.9. The molecule has 0 amide bonds. The Kier molecular flexibility index (Phi) is 7.01. The van der Waals surface area contributed by atoms with Gasteiger partial charge in [0, 0.05) is 23.8 Å². The van der Waals surface area contributed by atoms with Crippen LogP contribution in [0.1, 0.15) is 55.2 Å². The third-order valence-electron chi connectivity index (χ3n) is 7.71. The molecule has 0 spiro atoms. The zero-order valence-electron chi connectivity index (χ0n) is 20.4. The summed E-state index contributed by atoms with van der Waals surface area (Å²) < 4.78 is 10.1. The van der Waals surface area contributed by atoms with Gasteiger partial charge in [-0.2, -0.15) is 0 Å². The Labute approximate surface area is 205 Å². The van der Waals surface area contributed by atoms with Gasteiger partial charge in [0.2, 0.25) is 0 Å². The van der Waals surface area contributed by atoms with Crippen LogP contribution >= 0.6 is 0 Å². The number of ketones is 1. The van der Waals surface area contributed by atoms with E-state index in [2.05, 4.69) is 19.1 Å². The number of Topliss-reactive ketones (excluding diaryl/α,β-unsaturated/α-hetero) is 1. The first-order chi connectivity index (χ1) is 16.8. The van der Waals surface area contributed by atoms with Gasteiger partial charge in [-0.3, -0.25) is 4.79 Å². The zero-order valence-corrected chi connectivity index (χ0v) is 20.4. The van der Waals surface area contributed by atoms with Crippen molar-refractivity contribution < 1.29 is 29.3 Å². The van der Waals surface area contributed by atoms with Crippen LogP contribution in [0.3, 0.4) is 0 Å². The van der Waals surface area contributed by atoms with E-state index in [4.69, 9.17) is 14.6 Å². The molecule has 6 nitrogen and oxygen atoms in total. The molecule has 3 atom stereocenters.